The number of carbonyl (C=O) groups excluding carboxylic acids is 2. The number of nitrogens with zero attached hydrogens (tertiary/aromatic N) is 3. The van der Waals surface area contributed by atoms with Gasteiger partial charge in [-0.15, -0.1) is 0 Å². The molecule has 5 rings (SSSR count). The molecule has 0 bridgehead atoms. The molecule has 246 valence electrons. The summed E-state index contributed by atoms with van der Waals surface area (Å²) in [5, 5.41) is 16.9. The Bertz CT molecular complexity index is 1770. The Morgan fingerprint density at radius 1 is 1.04 bits per heavy atom. The van der Waals surface area contributed by atoms with E-state index in [1.165, 1.54) is 5.56 Å². The molecule has 2 amide bonds. The lowest BCUT2D eigenvalue weighted by molar-refractivity contribution is -0.142. The smallest absolute Gasteiger partial charge is 0.326 e. The highest BCUT2D eigenvalue weighted by molar-refractivity contribution is 5.97. The average molecular weight is 637 g/mol. The van der Waals surface area contributed by atoms with E-state index in [1.807, 2.05) is 59.2 Å². The van der Waals surface area contributed by atoms with Crippen molar-refractivity contribution in [2.75, 3.05) is 18.1 Å². The summed E-state index contributed by atoms with van der Waals surface area (Å²) >= 11 is 0. The number of anilines is 1. The third-order valence-electron chi connectivity index (χ3n) is 8.77. The van der Waals surface area contributed by atoms with Gasteiger partial charge in [-0.25, -0.2) is 4.79 Å². The van der Waals surface area contributed by atoms with Crippen LogP contribution in [0.25, 0.3) is 11.1 Å². The van der Waals surface area contributed by atoms with Crippen molar-refractivity contribution < 1.29 is 24.2 Å². The van der Waals surface area contributed by atoms with Crippen LogP contribution in [0.15, 0.2) is 73.1 Å². The van der Waals surface area contributed by atoms with Gasteiger partial charge in [0.05, 0.1) is 19.3 Å². The van der Waals surface area contributed by atoms with E-state index in [2.05, 4.69) is 29.5 Å². The lowest BCUT2D eigenvalue weighted by Gasteiger charge is -2.31. The van der Waals surface area contributed by atoms with Gasteiger partial charge < -0.3 is 20.1 Å². The predicted molar refractivity (Wildman–Crippen MR) is 183 cm³/mol. The molecule has 47 heavy (non-hydrogen) atoms. The molecule has 9 nitrogen and oxygen atoms in total. The Morgan fingerprint density at radius 2 is 1.81 bits per heavy atom. The van der Waals surface area contributed by atoms with Gasteiger partial charge in [-0.2, -0.15) is 5.10 Å². The van der Waals surface area contributed by atoms with Crippen molar-refractivity contribution in [1.29, 1.82) is 0 Å². The lowest BCUT2D eigenvalue weighted by atomic mass is 9.86. The molecule has 0 radical (unpaired) electrons. The molecule has 1 aliphatic rings. The van der Waals surface area contributed by atoms with E-state index >= 15 is 0 Å². The van der Waals surface area contributed by atoms with Gasteiger partial charge in [0, 0.05) is 36.0 Å². The second kappa shape index (κ2) is 14.2. The number of fused-ring (bicyclic) bond motifs is 1. The largest absolute Gasteiger partial charge is 0.493 e. The Labute approximate surface area is 276 Å². The van der Waals surface area contributed by atoms with Crippen molar-refractivity contribution in [3.8, 4) is 16.9 Å². The first-order valence-corrected chi connectivity index (χ1v) is 16.2. The number of carboxylic acids is 1. The minimum atomic E-state index is -1.07. The third-order valence-corrected chi connectivity index (χ3v) is 8.77. The van der Waals surface area contributed by atoms with E-state index in [9.17, 15) is 19.5 Å². The number of rotatable bonds is 11. The quantitative estimate of drug-likeness (QED) is 0.180. The van der Waals surface area contributed by atoms with E-state index in [0.29, 0.717) is 38.1 Å². The Morgan fingerprint density at radius 3 is 2.57 bits per heavy atom. The number of aliphatic carboxylic acids is 1. The van der Waals surface area contributed by atoms with Crippen molar-refractivity contribution in [2.24, 2.45) is 5.41 Å². The summed E-state index contributed by atoms with van der Waals surface area (Å²) < 4.78 is 7.80. The number of hydrogen-bond acceptors (Lipinski definition) is 5. The van der Waals surface area contributed by atoms with Crippen molar-refractivity contribution in [3.05, 3.63) is 101 Å². The van der Waals surface area contributed by atoms with Crippen molar-refractivity contribution in [2.45, 2.75) is 72.9 Å². The van der Waals surface area contributed by atoms with Crippen LogP contribution in [0.5, 0.6) is 5.75 Å². The van der Waals surface area contributed by atoms with Gasteiger partial charge in [0.1, 0.15) is 11.8 Å². The molecule has 0 saturated carbocycles. The standard InChI is InChI=1S/C38H44N4O5/c1-25-11-6-17-33(26(25)2)47-20-10-18-34(43)42-19-9-15-31-30(14-8-16-32(31)42)29-22-39-41(24-29)23-27-12-7-13-28(21-27)36(44)40-35(37(45)46)38(3,4)5/h6-8,11-14,16-17,21-22,24,35H,9-10,15,18-20,23H2,1-5H3,(H,40,44)(H,45,46)/t35-/m1/s1. The van der Waals surface area contributed by atoms with Crippen LogP contribution in [0.1, 0.15) is 72.6 Å². The number of hydrogen-bond donors (Lipinski definition) is 2. The SMILES string of the molecule is Cc1cccc(OCCCC(=O)N2CCCc3c(-c4cnn(Cc5cccc(C(=O)N[C@H](C(=O)O)C(C)(C)C)c5)c4)cccc32)c1C. The molecular weight excluding hydrogens is 592 g/mol. The van der Waals surface area contributed by atoms with E-state index in [1.54, 1.807) is 39.0 Å². The predicted octanol–water partition coefficient (Wildman–Crippen LogP) is 6.58. The number of amides is 2. The summed E-state index contributed by atoms with van der Waals surface area (Å²) in [7, 11) is 0. The molecule has 2 N–H and O–H groups in total. The number of aromatic nitrogens is 2. The number of ether oxygens (including phenoxy) is 1. The van der Waals surface area contributed by atoms with Crippen LogP contribution in [0, 0.1) is 19.3 Å². The summed E-state index contributed by atoms with van der Waals surface area (Å²) in [5.74, 6) is -0.530. The molecule has 3 aromatic carbocycles. The zero-order valence-corrected chi connectivity index (χ0v) is 27.9. The van der Waals surface area contributed by atoms with Gasteiger partial charge in [-0.3, -0.25) is 14.3 Å². The normalized spacial score (nSPS) is 13.5. The molecule has 2 heterocycles. The third kappa shape index (κ3) is 7.91. The second-order valence-corrected chi connectivity index (χ2v) is 13.3. The van der Waals surface area contributed by atoms with E-state index < -0.39 is 23.3 Å². The number of aryl methyl sites for hydroxylation is 1. The highest BCUT2D eigenvalue weighted by atomic mass is 16.5. The fourth-order valence-corrected chi connectivity index (χ4v) is 6.03. The van der Waals surface area contributed by atoms with Crippen LogP contribution >= 0.6 is 0 Å². The van der Waals surface area contributed by atoms with Crippen LogP contribution in [-0.4, -0.2) is 51.9 Å². The van der Waals surface area contributed by atoms with E-state index in [4.69, 9.17) is 4.74 Å². The van der Waals surface area contributed by atoms with Crippen LogP contribution < -0.4 is 15.0 Å². The maximum atomic E-state index is 13.4. The van der Waals surface area contributed by atoms with Gasteiger partial charge in [-0.05, 0) is 90.6 Å². The zero-order chi connectivity index (χ0) is 33.7. The molecule has 0 spiro atoms. The number of carboxylic acid groups (broad SMARTS) is 1. The zero-order valence-electron chi connectivity index (χ0n) is 27.9. The number of nitrogens with one attached hydrogen (secondary N) is 1. The van der Waals surface area contributed by atoms with Crippen LogP contribution in [0.2, 0.25) is 0 Å². The number of benzene rings is 3. The van der Waals surface area contributed by atoms with Gasteiger partial charge in [-0.1, -0.05) is 57.2 Å². The highest BCUT2D eigenvalue weighted by Crippen LogP contribution is 2.36. The fraction of sp³-hybridized carbons (Fsp3) is 0.368. The molecular formula is C38H44N4O5. The van der Waals surface area contributed by atoms with E-state index in [0.717, 1.165) is 52.1 Å². The Kier molecular flexibility index (Phi) is 10.1. The molecule has 1 atom stereocenters. The van der Waals surface area contributed by atoms with Gasteiger partial charge in [0.25, 0.3) is 5.91 Å². The Balaban J connectivity index is 1.24. The monoisotopic (exact) mass is 636 g/mol. The molecule has 1 aromatic heterocycles. The highest BCUT2D eigenvalue weighted by Gasteiger charge is 2.33. The summed E-state index contributed by atoms with van der Waals surface area (Å²) in [4.78, 5) is 40.0. The minimum absolute atomic E-state index is 0.101. The van der Waals surface area contributed by atoms with Crippen molar-refractivity contribution in [3.63, 3.8) is 0 Å². The summed E-state index contributed by atoms with van der Waals surface area (Å²) in [5.41, 5.74) is 7.05. The van der Waals surface area contributed by atoms with Crippen molar-refractivity contribution in [1.82, 2.24) is 15.1 Å². The van der Waals surface area contributed by atoms with Crippen molar-refractivity contribution >= 4 is 23.5 Å². The molecule has 0 unspecified atom stereocenters. The van der Waals surface area contributed by atoms with Gasteiger partial charge in [0.15, 0.2) is 0 Å². The minimum Gasteiger partial charge on any atom is -0.493 e. The summed E-state index contributed by atoms with van der Waals surface area (Å²) in [6.45, 7) is 11.1. The lowest BCUT2D eigenvalue weighted by Crippen LogP contribution is -2.49. The van der Waals surface area contributed by atoms with E-state index in [-0.39, 0.29) is 5.91 Å². The van der Waals surface area contributed by atoms with Crippen LogP contribution in [0.3, 0.4) is 0 Å². The number of carbonyl (C=O) groups is 3. The summed E-state index contributed by atoms with van der Waals surface area (Å²) in [6.07, 6.45) is 6.63. The Hall–Kier alpha value is -4.92. The molecule has 0 saturated heterocycles. The molecule has 9 heteroatoms. The second-order valence-electron chi connectivity index (χ2n) is 13.3. The fourth-order valence-electron chi connectivity index (χ4n) is 6.03. The van der Waals surface area contributed by atoms with Gasteiger partial charge in [0.2, 0.25) is 5.91 Å². The molecule has 0 fully saturated rings. The van der Waals surface area contributed by atoms with Crippen LogP contribution in [-0.2, 0) is 22.6 Å². The topological polar surface area (TPSA) is 114 Å². The maximum Gasteiger partial charge on any atom is 0.326 e. The molecule has 1 aliphatic heterocycles. The summed E-state index contributed by atoms with van der Waals surface area (Å²) in [6, 6.07) is 18.2. The van der Waals surface area contributed by atoms with Crippen LogP contribution in [0.4, 0.5) is 5.69 Å². The molecule has 4 aromatic rings. The van der Waals surface area contributed by atoms with Gasteiger partial charge >= 0.3 is 5.97 Å². The molecule has 0 aliphatic carbocycles. The average Bonchev–Trinajstić information content (AvgIpc) is 3.50. The first-order valence-electron chi connectivity index (χ1n) is 16.2. The first kappa shape index (κ1) is 33.4. The first-order chi connectivity index (χ1) is 22.4. The maximum absolute atomic E-state index is 13.4.